The number of rotatable bonds is 6. The molecule has 1 aliphatic rings. The summed E-state index contributed by atoms with van der Waals surface area (Å²) in [5.41, 5.74) is 0. The van der Waals surface area contributed by atoms with E-state index in [-0.39, 0.29) is 24.0 Å². The maximum absolute atomic E-state index is 4.66. The molecule has 0 aliphatic carbocycles. The van der Waals surface area contributed by atoms with Crippen LogP contribution in [0, 0.1) is 0 Å². The minimum absolute atomic E-state index is 0. The average Bonchev–Trinajstić information content (AvgIpc) is 2.72. The van der Waals surface area contributed by atoms with Gasteiger partial charge in [0.05, 0.1) is 6.54 Å². The molecule has 0 amide bonds. The second-order valence-electron chi connectivity index (χ2n) is 4.42. The molecule has 2 N–H and O–H groups in total. The average molecular weight is 386 g/mol. The molecule has 1 heterocycles. The Kier molecular flexibility index (Phi) is 11.4. The first-order valence-electron chi connectivity index (χ1n) is 6.49. The highest BCUT2D eigenvalue weighted by atomic mass is 127. The summed E-state index contributed by atoms with van der Waals surface area (Å²) in [4.78, 5) is 7.07. The first-order chi connectivity index (χ1) is 8.27. The molecule has 1 fully saturated rings. The molecular formula is C12H27IN4S. The number of guanidine groups is 1. The van der Waals surface area contributed by atoms with Crippen LogP contribution in [0.3, 0.4) is 0 Å². The standard InChI is InChI=1S/C12H26N4S.HI/c1-4-13-12(14-7-9-17-3)15-10-11-6-5-8-16(11)2;/h11H,4-10H2,1-3H3,(H2,13,14,15);1H. The molecule has 4 nitrogen and oxygen atoms in total. The van der Waals surface area contributed by atoms with Crippen molar-refractivity contribution in [1.82, 2.24) is 15.5 Å². The summed E-state index contributed by atoms with van der Waals surface area (Å²) < 4.78 is 0. The van der Waals surface area contributed by atoms with Crippen LogP contribution in [-0.2, 0) is 0 Å². The Balaban J connectivity index is 0.00000289. The van der Waals surface area contributed by atoms with Crippen LogP contribution in [0.5, 0.6) is 0 Å². The van der Waals surface area contributed by atoms with E-state index in [2.05, 4.69) is 40.8 Å². The number of nitrogens with zero attached hydrogens (tertiary/aromatic N) is 2. The number of nitrogens with one attached hydrogen (secondary N) is 2. The van der Waals surface area contributed by atoms with Gasteiger partial charge in [0.25, 0.3) is 0 Å². The highest BCUT2D eigenvalue weighted by molar-refractivity contribution is 14.0. The topological polar surface area (TPSA) is 39.7 Å². The van der Waals surface area contributed by atoms with E-state index in [9.17, 15) is 0 Å². The largest absolute Gasteiger partial charge is 0.357 e. The molecule has 6 heteroatoms. The van der Waals surface area contributed by atoms with Crippen LogP contribution in [0.1, 0.15) is 19.8 Å². The summed E-state index contributed by atoms with van der Waals surface area (Å²) in [6, 6.07) is 0.631. The molecule has 0 aromatic carbocycles. The highest BCUT2D eigenvalue weighted by Crippen LogP contribution is 2.14. The maximum atomic E-state index is 4.66. The monoisotopic (exact) mass is 386 g/mol. The van der Waals surface area contributed by atoms with Crippen LogP contribution >= 0.6 is 35.7 Å². The number of aliphatic imine (C=N–C) groups is 1. The SMILES string of the molecule is CCNC(=NCC1CCCN1C)NCCSC.I. The van der Waals surface area contributed by atoms with Gasteiger partial charge < -0.3 is 15.5 Å². The Labute approximate surface area is 133 Å². The molecule has 0 radical (unpaired) electrons. The smallest absolute Gasteiger partial charge is 0.191 e. The summed E-state index contributed by atoms with van der Waals surface area (Å²) in [5, 5.41) is 6.65. The van der Waals surface area contributed by atoms with Crippen molar-refractivity contribution in [1.29, 1.82) is 0 Å². The lowest BCUT2D eigenvalue weighted by molar-refractivity contribution is 0.317. The van der Waals surface area contributed by atoms with Crippen molar-refractivity contribution in [2.45, 2.75) is 25.8 Å². The third kappa shape index (κ3) is 7.04. The molecular weight excluding hydrogens is 359 g/mol. The zero-order valence-corrected chi connectivity index (χ0v) is 14.9. The second-order valence-corrected chi connectivity index (χ2v) is 5.40. The number of halogens is 1. The molecule has 0 bridgehead atoms. The number of hydrogen-bond acceptors (Lipinski definition) is 3. The van der Waals surface area contributed by atoms with E-state index in [1.54, 1.807) is 0 Å². The summed E-state index contributed by atoms with van der Waals surface area (Å²) >= 11 is 1.85. The fraction of sp³-hybridized carbons (Fsp3) is 0.917. The molecule has 1 aliphatic heterocycles. The van der Waals surface area contributed by atoms with Gasteiger partial charge in [-0.3, -0.25) is 4.99 Å². The lowest BCUT2D eigenvalue weighted by Crippen LogP contribution is -2.39. The molecule has 1 saturated heterocycles. The van der Waals surface area contributed by atoms with Crippen molar-refractivity contribution >= 4 is 41.7 Å². The van der Waals surface area contributed by atoms with Gasteiger partial charge in [-0.1, -0.05) is 0 Å². The Morgan fingerprint density at radius 2 is 2.22 bits per heavy atom. The lowest BCUT2D eigenvalue weighted by Gasteiger charge is -2.18. The number of likely N-dealkylation sites (tertiary alicyclic amines) is 1. The van der Waals surface area contributed by atoms with Gasteiger partial charge >= 0.3 is 0 Å². The predicted octanol–water partition coefficient (Wildman–Crippen LogP) is 1.62. The van der Waals surface area contributed by atoms with E-state index in [0.717, 1.165) is 31.3 Å². The maximum Gasteiger partial charge on any atom is 0.191 e. The van der Waals surface area contributed by atoms with Crippen LogP contribution in [0.4, 0.5) is 0 Å². The molecule has 1 rings (SSSR count). The normalized spacial score (nSPS) is 20.6. The first-order valence-corrected chi connectivity index (χ1v) is 7.88. The summed E-state index contributed by atoms with van der Waals surface area (Å²) in [5.74, 6) is 2.08. The van der Waals surface area contributed by atoms with E-state index < -0.39 is 0 Å². The van der Waals surface area contributed by atoms with E-state index in [1.807, 2.05) is 11.8 Å². The zero-order chi connectivity index (χ0) is 12.5. The fourth-order valence-corrected chi connectivity index (χ4v) is 2.33. The first kappa shape index (κ1) is 18.3. The third-order valence-electron chi connectivity index (χ3n) is 3.07. The van der Waals surface area contributed by atoms with Crippen molar-refractivity contribution in [3.05, 3.63) is 0 Å². The molecule has 18 heavy (non-hydrogen) atoms. The van der Waals surface area contributed by atoms with Gasteiger partial charge in [0.1, 0.15) is 0 Å². The molecule has 1 unspecified atom stereocenters. The van der Waals surface area contributed by atoms with Gasteiger partial charge in [0.2, 0.25) is 0 Å². The second kappa shape index (κ2) is 11.2. The van der Waals surface area contributed by atoms with Crippen LogP contribution in [-0.4, -0.2) is 62.1 Å². The summed E-state index contributed by atoms with van der Waals surface area (Å²) in [6.45, 7) is 6.13. The van der Waals surface area contributed by atoms with E-state index in [1.165, 1.54) is 19.4 Å². The number of hydrogen-bond donors (Lipinski definition) is 2. The van der Waals surface area contributed by atoms with Crippen molar-refractivity contribution in [3.63, 3.8) is 0 Å². The third-order valence-corrected chi connectivity index (χ3v) is 3.69. The van der Waals surface area contributed by atoms with E-state index in [4.69, 9.17) is 0 Å². The number of likely N-dealkylation sites (N-methyl/N-ethyl adjacent to an activating group) is 1. The van der Waals surface area contributed by atoms with E-state index >= 15 is 0 Å². The minimum atomic E-state index is 0. The molecule has 0 aromatic rings. The van der Waals surface area contributed by atoms with Gasteiger partial charge in [0.15, 0.2) is 5.96 Å². The summed E-state index contributed by atoms with van der Waals surface area (Å²) in [7, 11) is 2.20. The van der Waals surface area contributed by atoms with Crippen LogP contribution in [0.15, 0.2) is 4.99 Å². The minimum Gasteiger partial charge on any atom is -0.357 e. The highest BCUT2D eigenvalue weighted by Gasteiger charge is 2.20. The van der Waals surface area contributed by atoms with Gasteiger partial charge in [-0.05, 0) is 39.6 Å². The van der Waals surface area contributed by atoms with Crippen LogP contribution in [0.25, 0.3) is 0 Å². The van der Waals surface area contributed by atoms with Crippen LogP contribution < -0.4 is 10.6 Å². The quantitative estimate of drug-likeness (QED) is 0.315. The molecule has 108 valence electrons. The molecule has 1 atom stereocenters. The Bertz CT molecular complexity index is 238. The van der Waals surface area contributed by atoms with Crippen molar-refractivity contribution in [2.24, 2.45) is 4.99 Å². The fourth-order valence-electron chi connectivity index (χ4n) is 2.02. The lowest BCUT2D eigenvalue weighted by atomic mass is 10.2. The van der Waals surface area contributed by atoms with E-state index in [0.29, 0.717) is 6.04 Å². The Morgan fingerprint density at radius 3 is 2.78 bits per heavy atom. The molecule has 0 spiro atoms. The number of thioether (sulfide) groups is 1. The van der Waals surface area contributed by atoms with Crippen molar-refractivity contribution < 1.29 is 0 Å². The van der Waals surface area contributed by atoms with Crippen LogP contribution in [0.2, 0.25) is 0 Å². The molecule has 0 aromatic heterocycles. The van der Waals surface area contributed by atoms with Gasteiger partial charge in [-0.25, -0.2) is 0 Å². The summed E-state index contributed by atoms with van der Waals surface area (Å²) in [6.07, 6.45) is 4.72. The Hall–Kier alpha value is 0.310. The zero-order valence-electron chi connectivity index (χ0n) is 11.7. The van der Waals surface area contributed by atoms with Crippen molar-refractivity contribution in [2.75, 3.05) is 45.2 Å². The van der Waals surface area contributed by atoms with Gasteiger partial charge in [-0.15, -0.1) is 24.0 Å². The van der Waals surface area contributed by atoms with Crippen molar-refractivity contribution in [3.8, 4) is 0 Å². The predicted molar refractivity (Wildman–Crippen MR) is 93.4 cm³/mol. The molecule has 0 saturated carbocycles. The van der Waals surface area contributed by atoms with Gasteiger partial charge in [-0.2, -0.15) is 11.8 Å². The Morgan fingerprint density at radius 1 is 1.44 bits per heavy atom. The van der Waals surface area contributed by atoms with Gasteiger partial charge in [0, 0.05) is 24.9 Å².